The molecule has 0 unspecified atom stereocenters. The van der Waals surface area contributed by atoms with Gasteiger partial charge in [0.05, 0.1) is 16.4 Å². The SMILES string of the molecule is Cc1nnc2nc(N3CCCc4c(C#CC(C)(C)N)cccc43)c3c(F)cccc3n12. The van der Waals surface area contributed by atoms with Crippen molar-refractivity contribution in [2.75, 3.05) is 11.4 Å². The number of benzene rings is 2. The number of hydrogen-bond acceptors (Lipinski definition) is 5. The molecule has 31 heavy (non-hydrogen) atoms. The third kappa shape index (κ3) is 3.29. The lowest BCUT2D eigenvalue weighted by molar-refractivity contribution is 0.638. The van der Waals surface area contributed by atoms with Crippen molar-refractivity contribution < 1.29 is 4.39 Å². The summed E-state index contributed by atoms with van der Waals surface area (Å²) in [5, 5.41) is 8.81. The molecule has 1 aliphatic heterocycles. The molecule has 1 aliphatic rings. The zero-order chi connectivity index (χ0) is 21.8. The number of aryl methyl sites for hydroxylation is 1. The van der Waals surface area contributed by atoms with Gasteiger partial charge >= 0.3 is 0 Å². The van der Waals surface area contributed by atoms with Crippen LogP contribution in [0.3, 0.4) is 0 Å². The Labute approximate surface area is 179 Å². The molecule has 156 valence electrons. The van der Waals surface area contributed by atoms with Gasteiger partial charge in [-0.15, -0.1) is 10.2 Å². The summed E-state index contributed by atoms with van der Waals surface area (Å²) in [5.74, 6) is 7.73. The van der Waals surface area contributed by atoms with E-state index in [1.54, 1.807) is 10.5 Å². The first-order valence-electron chi connectivity index (χ1n) is 10.3. The molecule has 2 aromatic heterocycles. The van der Waals surface area contributed by atoms with E-state index in [1.165, 1.54) is 6.07 Å². The Kier molecular flexibility index (Phi) is 4.42. The minimum absolute atomic E-state index is 0.317. The van der Waals surface area contributed by atoms with Crippen LogP contribution in [0.1, 0.15) is 37.2 Å². The molecule has 6 nitrogen and oxygen atoms in total. The van der Waals surface area contributed by atoms with Gasteiger partial charge in [0.15, 0.2) is 0 Å². The molecule has 0 radical (unpaired) electrons. The highest BCUT2D eigenvalue weighted by Crippen LogP contribution is 2.38. The van der Waals surface area contributed by atoms with Gasteiger partial charge in [0, 0.05) is 17.8 Å². The van der Waals surface area contributed by atoms with Crippen molar-refractivity contribution in [3.63, 3.8) is 0 Å². The molecule has 0 amide bonds. The van der Waals surface area contributed by atoms with Crippen LogP contribution in [0.4, 0.5) is 15.9 Å². The van der Waals surface area contributed by atoms with E-state index in [9.17, 15) is 0 Å². The molecule has 0 aliphatic carbocycles. The monoisotopic (exact) mass is 414 g/mol. The lowest BCUT2D eigenvalue weighted by Gasteiger charge is -2.32. The van der Waals surface area contributed by atoms with Crippen LogP contribution in [-0.4, -0.2) is 31.7 Å². The van der Waals surface area contributed by atoms with E-state index in [0.717, 1.165) is 36.2 Å². The van der Waals surface area contributed by atoms with Gasteiger partial charge in [-0.2, -0.15) is 4.98 Å². The Morgan fingerprint density at radius 3 is 2.74 bits per heavy atom. The Morgan fingerprint density at radius 2 is 1.94 bits per heavy atom. The predicted molar refractivity (Wildman–Crippen MR) is 120 cm³/mol. The summed E-state index contributed by atoms with van der Waals surface area (Å²) in [6.45, 7) is 6.34. The van der Waals surface area contributed by atoms with Gasteiger partial charge in [0.1, 0.15) is 17.5 Å². The number of fused-ring (bicyclic) bond motifs is 4. The number of nitrogens with two attached hydrogens (primary N) is 1. The third-order valence-corrected chi connectivity index (χ3v) is 5.50. The van der Waals surface area contributed by atoms with Crippen LogP contribution in [0, 0.1) is 24.6 Å². The summed E-state index contributed by atoms with van der Waals surface area (Å²) < 4.78 is 16.9. The molecule has 2 aromatic carbocycles. The smallest absolute Gasteiger partial charge is 0.257 e. The highest BCUT2D eigenvalue weighted by atomic mass is 19.1. The summed E-state index contributed by atoms with van der Waals surface area (Å²) in [4.78, 5) is 6.82. The van der Waals surface area contributed by atoms with Gasteiger partial charge in [-0.05, 0) is 63.4 Å². The maximum absolute atomic E-state index is 15.1. The van der Waals surface area contributed by atoms with E-state index >= 15 is 4.39 Å². The Hall–Kier alpha value is -3.50. The van der Waals surface area contributed by atoms with Gasteiger partial charge in [0.25, 0.3) is 5.78 Å². The molecule has 0 spiro atoms. The van der Waals surface area contributed by atoms with Gasteiger partial charge in [-0.1, -0.05) is 24.0 Å². The first-order valence-corrected chi connectivity index (χ1v) is 10.3. The Balaban J connectivity index is 1.75. The highest BCUT2D eigenvalue weighted by Gasteiger charge is 2.25. The van der Waals surface area contributed by atoms with Crippen molar-refractivity contribution in [2.45, 2.75) is 39.2 Å². The van der Waals surface area contributed by atoms with Gasteiger partial charge in [-0.25, -0.2) is 4.39 Å². The van der Waals surface area contributed by atoms with E-state index < -0.39 is 5.54 Å². The number of nitrogens with zero attached hydrogens (tertiary/aromatic N) is 5. The largest absolute Gasteiger partial charge is 0.325 e. The fourth-order valence-corrected chi connectivity index (χ4v) is 4.16. The topological polar surface area (TPSA) is 72.3 Å². The molecular formula is C24H23FN6. The molecule has 2 N–H and O–H groups in total. The molecular weight excluding hydrogens is 391 g/mol. The van der Waals surface area contributed by atoms with E-state index in [1.807, 2.05) is 45.0 Å². The second kappa shape index (κ2) is 7.03. The normalized spacial score (nSPS) is 13.9. The predicted octanol–water partition coefficient (Wildman–Crippen LogP) is 3.90. The summed E-state index contributed by atoms with van der Waals surface area (Å²) in [6, 6.07) is 11.1. The zero-order valence-corrected chi connectivity index (χ0v) is 17.8. The number of rotatable bonds is 1. The molecule has 0 atom stereocenters. The third-order valence-electron chi connectivity index (χ3n) is 5.50. The molecule has 3 heterocycles. The molecule has 0 saturated carbocycles. The van der Waals surface area contributed by atoms with Crippen LogP contribution in [0.2, 0.25) is 0 Å². The van der Waals surface area contributed by atoms with Crippen LogP contribution in [-0.2, 0) is 6.42 Å². The number of anilines is 2. The van der Waals surface area contributed by atoms with Crippen molar-refractivity contribution in [3.8, 4) is 11.8 Å². The summed E-state index contributed by atoms with van der Waals surface area (Å²) in [6.07, 6.45) is 1.81. The Morgan fingerprint density at radius 1 is 1.13 bits per heavy atom. The minimum Gasteiger partial charge on any atom is -0.325 e. The van der Waals surface area contributed by atoms with E-state index in [2.05, 4.69) is 26.9 Å². The van der Waals surface area contributed by atoms with Crippen molar-refractivity contribution in [3.05, 3.63) is 59.2 Å². The maximum atomic E-state index is 15.1. The van der Waals surface area contributed by atoms with E-state index in [0.29, 0.717) is 28.3 Å². The van der Waals surface area contributed by atoms with Crippen molar-refractivity contribution >= 4 is 28.2 Å². The Bertz CT molecular complexity index is 1390. The van der Waals surface area contributed by atoms with E-state index in [4.69, 9.17) is 10.7 Å². The number of halogens is 1. The molecule has 4 aromatic rings. The summed E-state index contributed by atoms with van der Waals surface area (Å²) in [7, 11) is 0. The van der Waals surface area contributed by atoms with Crippen LogP contribution in [0.15, 0.2) is 36.4 Å². The first kappa shape index (κ1) is 19.5. The average molecular weight is 414 g/mol. The van der Waals surface area contributed by atoms with Gasteiger partial charge < -0.3 is 10.6 Å². The molecule has 7 heteroatoms. The fraction of sp³-hybridized carbons (Fsp3) is 0.292. The maximum Gasteiger partial charge on any atom is 0.257 e. The van der Waals surface area contributed by atoms with Gasteiger partial charge in [0.2, 0.25) is 0 Å². The number of hydrogen-bond donors (Lipinski definition) is 1. The lowest BCUT2D eigenvalue weighted by Crippen LogP contribution is -2.29. The molecule has 0 saturated heterocycles. The second-order valence-corrected chi connectivity index (χ2v) is 8.48. The van der Waals surface area contributed by atoms with Crippen LogP contribution >= 0.6 is 0 Å². The average Bonchev–Trinajstić information content (AvgIpc) is 3.12. The minimum atomic E-state index is -0.575. The standard InChI is InChI=1S/C24H23FN6/c1-15-28-29-23-27-22(21-18(25)9-5-11-20(21)31(15)23)30-14-6-8-17-16(7-4-10-19(17)30)12-13-24(2,3)26/h4-5,7,9-11H,6,8,14,26H2,1-3H3. The first-order chi connectivity index (χ1) is 14.8. The van der Waals surface area contributed by atoms with Crippen molar-refractivity contribution in [1.29, 1.82) is 0 Å². The zero-order valence-electron chi connectivity index (χ0n) is 17.8. The van der Waals surface area contributed by atoms with E-state index in [-0.39, 0.29) is 5.82 Å². The second-order valence-electron chi connectivity index (χ2n) is 8.48. The van der Waals surface area contributed by atoms with Crippen molar-refractivity contribution in [1.82, 2.24) is 19.6 Å². The van der Waals surface area contributed by atoms with Crippen LogP contribution in [0.5, 0.6) is 0 Å². The van der Waals surface area contributed by atoms with Gasteiger partial charge in [-0.3, -0.25) is 4.40 Å². The van der Waals surface area contributed by atoms with Crippen LogP contribution < -0.4 is 10.6 Å². The van der Waals surface area contributed by atoms with Crippen LogP contribution in [0.25, 0.3) is 16.7 Å². The summed E-state index contributed by atoms with van der Waals surface area (Å²) >= 11 is 0. The highest BCUT2D eigenvalue weighted by molar-refractivity contribution is 5.94. The molecule has 0 fully saturated rings. The molecule has 0 bridgehead atoms. The fourth-order valence-electron chi connectivity index (χ4n) is 4.16. The molecule has 5 rings (SSSR count). The number of aromatic nitrogens is 4. The van der Waals surface area contributed by atoms with Crippen molar-refractivity contribution in [2.24, 2.45) is 5.73 Å². The summed E-state index contributed by atoms with van der Waals surface area (Å²) in [5.41, 5.74) is 9.26. The lowest BCUT2D eigenvalue weighted by atomic mass is 9.95. The quantitative estimate of drug-likeness (QED) is 0.478.